The van der Waals surface area contributed by atoms with Crippen LogP contribution in [-0.4, -0.2) is 59.0 Å². The molecule has 8 nitrogen and oxygen atoms in total. The van der Waals surface area contributed by atoms with Gasteiger partial charge in [0, 0.05) is 48.7 Å². The number of piperidine rings is 1. The number of likely N-dealkylation sites (tertiary alicyclic amines) is 1. The molecule has 3 aliphatic rings. The molecule has 1 amide bonds. The Kier molecular flexibility index (Phi) is 6.13. The maximum absolute atomic E-state index is 13.5. The molecule has 37 heavy (non-hydrogen) atoms. The number of nitriles is 1. The van der Waals surface area contributed by atoms with Crippen LogP contribution in [0, 0.1) is 17.1 Å². The minimum Gasteiger partial charge on any atom is -0.369 e. The molecule has 190 valence electrons. The summed E-state index contributed by atoms with van der Waals surface area (Å²) in [5.41, 5.74) is 2.05. The highest BCUT2D eigenvalue weighted by molar-refractivity contribution is 5.93. The van der Waals surface area contributed by atoms with Gasteiger partial charge in [0.2, 0.25) is 0 Å². The third-order valence-electron chi connectivity index (χ3n) is 7.93. The Hall–Kier alpha value is -3.77. The number of aromatic amines is 1. The lowest BCUT2D eigenvalue weighted by atomic mass is 10.0. The zero-order valence-electron chi connectivity index (χ0n) is 20.5. The number of fused-ring (bicyclic) bond motifs is 1. The number of nitrogens with one attached hydrogen (secondary N) is 2. The molecule has 0 bridgehead atoms. The molecule has 4 heterocycles. The van der Waals surface area contributed by atoms with Crippen molar-refractivity contribution in [2.75, 3.05) is 31.1 Å². The summed E-state index contributed by atoms with van der Waals surface area (Å²) in [7, 11) is 0. The second-order valence-electron chi connectivity index (χ2n) is 10.4. The molecule has 2 N–H and O–H groups in total. The lowest BCUT2D eigenvalue weighted by molar-refractivity contribution is 0.0946. The van der Waals surface area contributed by atoms with Crippen LogP contribution in [0.4, 0.5) is 10.1 Å². The van der Waals surface area contributed by atoms with Crippen molar-refractivity contribution in [3.05, 3.63) is 69.7 Å². The molecule has 3 fully saturated rings. The van der Waals surface area contributed by atoms with Crippen LogP contribution >= 0.6 is 0 Å². The number of anilines is 1. The Balaban J connectivity index is 1.09. The van der Waals surface area contributed by atoms with Crippen LogP contribution in [0.2, 0.25) is 0 Å². The fourth-order valence-corrected chi connectivity index (χ4v) is 5.72. The molecule has 0 radical (unpaired) electrons. The number of H-pyrrole nitrogens is 1. The van der Waals surface area contributed by atoms with Crippen LogP contribution in [0.15, 0.2) is 41.2 Å². The van der Waals surface area contributed by atoms with Gasteiger partial charge < -0.3 is 15.2 Å². The monoisotopic (exact) mass is 500 g/mol. The average molecular weight is 501 g/mol. The van der Waals surface area contributed by atoms with Crippen molar-refractivity contribution in [1.29, 1.82) is 5.26 Å². The van der Waals surface area contributed by atoms with E-state index in [0.717, 1.165) is 75.1 Å². The van der Waals surface area contributed by atoms with Crippen LogP contribution in [0.1, 0.15) is 59.9 Å². The third kappa shape index (κ3) is 4.81. The molecule has 1 saturated carbocycles. The van der Waals surface area contributed by atoms with Gasteiger partial charge in [-0.2, -0.15) is 5.26 Å². The van der Waals surface area contributed by atoms with Gasteiger partial charge in [-0.3, -0.25) is 14.5 Å². The van der Waals surface area contributed by atoms with Crippen molar-refractivity contribution in [2.24, 2.45) is 0 Å². The largest absolute Gasteiger partial charge is 0.369 e. The average Bonchev–Trinajstić information content (AvgIpc) is 3.59. The molecule has 2 aliphatic heterocycles. The van der Waals surface area contributed by atoms with Gasteiger partial charge in [0.25, 0.3) is 11.5 Å². The zero-order chi connectivity index (χ0) is 25.5. The van der Waals surface area contributed by atoms with Crippen LogP contribution < -0.4 is 15.8 Å². The van der Waals surface area contributed by atoms with Crippen molar-refractivity contribution in [2.45, 2.75) is 50.1 Å². The molecular weight excluding hydrogens is 471 g/mol. The van der Waals surface area contributed by atoms with Gasteiger partial charge in [0.1, 0.15) is 17.6 Å². The van der Waals surface area contributed by atoms with E-state index in [1.54, 1.807) is 12.1 Å². The highest BCUT2D eigenvalue weighted by Gasteiger charge is 2.33. The maximum atomic E-state index is 13.5. The summed E-state index contributed by atoms with van der Waals surface area (Å²) >= 11 is 0. The SMILES string of the molecule is N#Cc1nc(C(=O)NC2CC2)ccc1N1CCC(N2CCC(c3cc4ccc(F)cc4c(=O)[nH]3)C2)CC1. The number of aromatic nitrogens is 2. The first-order valence-electron chi connectivity index (χ1n) is 13.0. The normalized spacial score (nSPS) is 20.8. The molecule has 2 aromatic heterocycles. The second-order valence-corrected chi connectivity index (χ2v) is 10.4. The van der Waals surface area contributed by atoms with Crippen molar-refractivity contribution in [3.8, 4) is 6.07 Å². The molecule has 3 aromatic rings. The number of amides is 1. The molecule has 1 aromatic carbocycles. The van der Waals surface area contributed by atoms with E-state index in [4.69, 9.17) is 0 Å². The fraction of sp³-hybridized carbons (Fsp3) is 0.429. The molecular formula is C28H29FN6O2. The maximum Gasteiger partial charge on any atom is 0.270 e. The number of rotatable bonds is 5. The predicted molar refractivity (Wildman–Crippen MR) is 138 cm³/mol. The highest BCUT2D eigenvalue weighted by atomic mass is 19.1. The van der Waals surface area contributed by atoms with Gasteiger partial charge in [-0.25, -0.2) is 9.37 Å². The zero-order valence-corrected chi connectivity index (χ0v) is 20.5. The van der Waals surface area contributed by atoms with Gasteiger partial charge in [0.15, 0.2) is 5.69 Å². The molecule has 1 atom stereocenters. The predicted octanol–water partition coefficient (Wildman–Crippen LogP) is 3.28. The van der Waals surface area contributed by atoms with E-state index in [0.29, 0.717) is 22.8 Å². The van der Waals surface area contributed by atoms with E-state index in [2.05, 4.69) is 31.2 Å². The number of nitrogens with zero attached hydrogens (tertiary/aromatic N) is 4. The first kappa shape index (κ1) is 23.6. The van der Waals surface area contributed by atoms with Gasteiger partial charge in [-0.15, -0.1) is 0 Å². The van der Waals surface area contributed by atoms with Gasteiger partial charge >= 0.3 is 0 Å². The van der Waals surface area contributed by atoms with Crippen LogP contribution in [0.5, 0.6) is 0 Å². The number of benzene rings is 1. The quantitative estimate of drug-likeness (QED) is 0.557. The van der Waals surface area contributed by atoms with E-state index >= 15 is 0 Å². The van der Waals surface area contributed by atoms with Crippen molar-refractivity contribution < 1.29 is 9.18 Å². The Morgan fingerprint density at radius 1 is 1.08 bits per heavy atom. The smallest absolute Gasteiger partial charge is 0.270 e. The van der Waals surface area contributed by atoms with Crippen molar-refractivity contribution >= 4 is 22.4 Å². The second kappa shape index (κ2) is 9.60. The van der Waals surface area contributed by atoms with Gasteiger partial charge in [-0.1, -0.05) is 6.07 Å². The number of hydrogen-bond donors (Lipinski definition) is 2. The Labute approximate surface area is 214 Å². The first-order valence-corrected chi connectivity index (χ1v) is 13.0. The van der Waals surface area contributed by atoms with Crippen LogP contribution in [0.25, 0.3) is 10.8 Å². The summed E-state index contributed by atoms with van der Waals surface area (Å²) in [6.45, 7) is 3.47. The lowest BCUT2D eigenvalue weighted by Gasteiger charge is -2.38. The number of hydrogen-bond acceptors (Lipinski definition) is 6. The third-order valence-corrected chi connectivity index (χ3v) is 7.93. The summed E-state index contributed by atoms with van der Waals surface area (Å²) < 4.78 is 13.5. The molecule has 1 aliphatic carbocycles. The number of carbonyl (C=O) groups is 1. The minimum atomic E-state index is -0.406. The van der Waals surface area contributed by atoms with Gasteiger partial charge in [0.05, 0.1) is 5.69 Å². The first-order chi connectivity index (χ1) is 18.0. The molecule has 2 saturated heterocycles. The van der Waals surface area contributed by atoms with E-state index in [9.17, 15) is 19.2 Å². The summed E-state index contributed by atoms with van der Waals surface area (Å²) in [6, 6.07) is 12.7. The molecule has 9 heteroatoms. The van der Waals surface area contributed by atoms with Crippen molar-refractivity contribution in [1.82, 2.24) is 20.2 Å². The fourth-order valence-electron chi connectivity index (χ4n) is 5.72. The van der Waals surface area contributed by atoms with Crippen LogP contribution in [-0.2, 0) is 0 Å². The summed E-state index contributed by atoms with van der Waals surface area (Å²) in [5.74, 6) is -0.381. The van der Waals surface area contributed by atoms with Crippen molar-refractivity contribution in [3.63, 3.8) is 0 Å². The van der Waals surface area contributed by atoms with Gasteiger partial charge in [-0.05, 0) is 74.4 Å². The number of carbonyl (C=O) groups excluding carboxylic acids is 1. The van der Waals surface area contributed by atoms with E-state index in [-0.39, 0.29) is 23.4 Å². The van der Waals surface area contributed by atoms with E-state index in [1.165, 1.54) is 12.1 Å². The summed E-state index contributed by atoms with van der Waals surface area (Å²) in [5, 5.41) is 13.8. The Morgan fingerprint density at radius 3 is 2.65 bits per heavy atom. The minimum absolute atomic E-state index is 0.215. The molecule has 0 spiro atoms. The summed E-state index contributed by atoms with van der Waals surface area (Å²) in [6.07, 6.45) is 4.91. The topological polar surface area (TPSA) is 105 Å². The van der Waals surface area contributed by atoms with E-state index in [1.807, 2.05) is 12.1 Å². The Bertz CT molecular complexity index is 1450. The standard InChI is InChI=1S/C28H29FN6O2/c29-19-2-1-17-13-24(33-27(36)22(17)14-19)18-7-10-35(16-18)21-8-11-34(12-9-21)26-6-5-23(32-25(26)15-30)28(37)31-20-3-4-20/h1-2,5-6,13-14,18,20-21H,3-4,7-12,16H2,(H,31,37)(H,33,36). The highest BCUT2D eigenvalue weighted by Crippen LogP contribution is 2.32. The van der Waals surface area contributed by atoms with Crippen LogP contribution in [0.3, 0.4) is 0 Å². The number of halogens is 1. The lowest BCUT2D eigenvalue weighted by Crippen LogP contribution is -2.44. The summed E-state index contributed by atoms with van der Waals surface area (Å²) in [4.78, 5) is 36.9. The molecule has 1 unspecified atom stereocenters. The number of pyridine rings is 2. The van der Waals surface area contributed by atoms with E-state index < -0.39 is 5.82 Å². The Morgan fingerprint density at radius 2 is 1.89 bits per heavy atom. The molecule has 6 rings (SSSR count).